The lowest BCUT2D eigenvalue weighted by Crippen LogP contribution is -1.64. The van der Waals surface area contributed by atoms with Crippen LogP contribution in [0.15, 0.2) is 46.4 Å². The molecule has 0 saturated heterocycles. The Morgan fingerprint density at radius 3 is 2.70 bits per heavy atom. The number of rotatable bonds is 3. The molecule has 0 aromatic rings. The minimum Gasteiger partial charge on any atom is -0.159 e. The largest absolute Gasteiger partial charge is 0.159 e. The Hall–Kier alpha value is -0.890. The summed E-state index contributed by atoms with van der Waals surface area (Å²) in [4.78, 5) is 0. The summed E-state index contributed by atoms with van der Waals surface area (Å²) in [6, 6.07) is 0. The van der Waals surface area contributed by atoms with Crippen LogP contribution in [0.3, 0.4) is 0 Å². The van der Waals surface area contributed by atoms with Gasteiger partial charge in [0.05, 0.1) is 5.70 Å². The summed E-state index contributed by atoms with van der Waals surface area (Å²) in [7, 11) is 0. The Kier molecular flexibility index (Phi) is 5.68. The molecule has 0 saturated carbocycles. The lowest BCUT2D eigenvalue weighted by Gasteiger charge is -1.84. The average Bonchev–Trinajstić information content (AvgIpc) is 1.98. The van der Waals surface area contributed by atoms with Gasteiger partial charge >= 0.3 is 0 Å². The van der Waals surface area contributed by atoms with E-state index < -0.39 is 0 Å². The van der Waals surface area contributed by atoms with Gasteiger partial charge in [0.15, 0.2) is 0 Å². The monoisotopic (exact) mass is 156 g/mol. The van der Waals surface area contributed by atoms with Crippen LogP contribution in [0.1, 0.15) is 6.92 Å². The van der Waals surface area contributed by atoms with Gasteiger partial charge in [-0.2, -0.15) is 10.2 Å². The van der Waals surface area contributed by atoms with E-state index in [0.29, 0.717) is 5.70 Å². The summed E-state index contributed by atoms with van der Waals surface area (Å²) in [5.74, 6) is 0. The molecule has 3 heteroatoms. The highest BCUT2D eigenvalue weighted by molar-refractivity contribution is 6.25. The van der Waals surface area contributed by atoms with Crippen LogP contribution in [-0.2, 0) is 0 Å². The van der Waals surface area contributed by atoms with E-state index in [-0.39, 0.29) is 0 Å². The number of allylic oxidation sites excluding steroid dienone is 2. The molecule has 0 atom stereocenters. The Morgan fingerprint density at radius 1 is 1.60 bits per heavy atom. The van der Waals surface area contributed by atoms with Crippen molar-refractivity contribution in [2.24, 2.45) is 10.2 Å². The van der Waals surface area contributed by atoms with E-state index in [4.69, 9.17) is 11.6 Å². The zero-order valence-electron chi connectivity index (χ0n) is 5.79. The number of hydrogen-bond donors (Lipinski definition) is 0. The van der Waals surface area contributed by atoms with Gasteiger partial charge in [-0.15, -0.1) is 0 Å². The van der Waals surface area contributed by atoms with Gasteiger partial charge in [0, 0.05) is 11.7 Å². The molecule has 54 valence electrons. The van der Waals surface area contributed by atoms with E-state index in [0.717, 1.165) is 0 Å². The zero-order valence-corrected chi connectivity index (χ0v) is 6.54. The highest BCUT2D eigenvalue weighted by atomic mass is 35.5. The SMILES string of the molecule is C=CN=NC(/C=C/C)=C/Cl. The third-order valence-electron chi connectivity index (χ3n) is 0.704. The standard InChI is InChI=1S/C7H9ClN2/c1-3-5-7(6-8)10-9-4-2/h3-6H,2H2,1H3/b5-3+,7-6+,10-9?. The first-order valence-corrected chi connectivity index (χ1v) is 3.23. The smallest absolute Gasteiger partial charge is 0.0966 e. The van der Waals surface area contributed by atoms with E-state index in [2.05, 4.69) is 16.8 Å². The van der Waals surface area contributed by atoms with Crippen molar-refractivity contribution in [2.45, 2.75) is 6.92 Å². The van der Waals surface area contributed by atoms with Crippen molar-refractivity contribution >= 4 is 11.6 Å². The van der Waals surface area contributed by atoms with Crippen LogP contribution in [0, 0.1) is 0 Å². The lowest BCUT2D eigenvalue weighted by molar-refractivity contribution is 1.17. The fraction of sp³-hybridized carbons (Fsp3) is 0.143. The predicted octanol–water partition coefficient (Wildman–Crippen LogP) is 3.24. The van der Waals surface area contributed by atoms with E-state index >= 15 is 0 Å². The molecule has 0 radical (unpaired) electrons. The maximum atomic E-state index is 5.38. The molecule has 0 aromatic carbocycles. The van der Waals surface area contributed by atoms with Gasteiger partial charge in [-0.05, 0) is 13.0 Å². The van der Waals surface area contributed by atoms with Gasteiger partial charge in [-0.25, -0.2) is 0 Å². The van der Waals surface area contributed by atoms with Crippen LogP contribution >= 0.6 is 11.6 Å². The molecule has 0 bridgehead atoms. The van der Waals surface area contributed by atoms with Crippen molar-refractivity contribution in [3.63, 3.8) is 0 Å². The highest BCUT2D eigenvalue weighted by Crippen LogP contribution is 2.01. The molecule has 0 rings (SSSR count). The third-order valence-corrected chi connectivity index (χ3v) is 0.928. The number of hydrogen-bond acceptors (Lipinski definition) is 2. The average molecular weight is 157 g/mol. The van der Waals surface area contributed by atoms with Gasteiger partial charge in [0.1, 0.15) is 0 Å². The van der Waals surface area contributed by atoms with Crippen molar-refractivity contribution in [3.05, 3.63) is 36.2 Å². The van der Waals surface area contributed by atoms with Gasteiger partial charge in [0.2, 0.25) is 0 Å². The fourth-order valence-electron chi connectivity index (χ4n) is 0.370. The molecule has 0 fully saturated rings. The van der Waals surface area contributed by atoms with Gasteiger partial charge in [-0.1, -0.05) is 24.3 Å². The van der Waals surface area contributed by atoms with Crippen molar-refractivity contribution in [1.29, 1.82) is 0 Å². The van der Waals surface area contributed by atoms with Crippen molar-refractivity contribution in [1.82, 2.24) is 0 Å². The summed E-state index contributed by atoms with van der Waals surface area (Å²) in [6.45, 7) is 5.25. The summed E-state index contributed by atoms with van der Waals surface area (Å²) >= 11 is 5.38. The minimum atomic E-state index is 0.615. The summed E-state index contributed by atoms with van der Waals surface area (Å²) in [6.07, 6.45) is 4.93. The Bertz CT molecular complexity index is 180. The highest BCUT2D eigenvalue weighted by Gasteiger charge is 1.81. The summed E-state index contributed by atoms with van der Waals surface area (Å²) in [5.41, 5.74) is 1.97. The predicted molar refractivity (Wildman–Crippen MR) is 43.8 cm³/mol. The van der Waals surface area contributed by atoms with Gasteiger partial charge < -0.3 is 0 Å². The molecule has 0 amide bonds. The normalized spacial score (nSPS) is 13.2. The molecule has 0 aliphatic rings. The Labute approximate surface area is 65.6 Å². The molecule has 10 heavy (non-hydrogen) atoms. The van der Waals surface area contributed by atoms with Crippen LogP contribution in [0.5, 0.6) is 0 Å². The molecule has 2 nitrogen and oxygen atoms in total. The lowest BCUT2D eigenvalue weighted by atomic mass is 10.4. The third kappa shape index (κ3) is 4.04. The maximum Gasteiger partial charge on any atom is 0.0966 e. The van der Waals surface area contributed by atoms with E-state index in [1.807, 2.05) is 13.0 Å². The molecule has 0 aliphatic heterocycles. The second-order valence-corrected chi connectivity index (χ2v) is 1.65. The van der Waals surface area contributed by atoms with Gasteiger partial charge in [-0.3, -0.25) is 0 Å². The second kappa shape index (κ2) is 6.23. The van der Waals surface area contributed by atoms with Crippen LogP contribution in [0.4, 0.5) is 0 Å². The van der Waals surface area contributed by atoms with E-state index in [1.165, 1.54) is 11.7 Å². The summed E-state index contributed by atoms with van der Waals surface area (Å²) in [5, 5.41) is 7.25. The molecule has 0 heterocycles. The first kappa shape index (κ1) is 9.11. The number of nitrogens with zero attached hydrogens (tertiary/aromatic N) is 2. The Morgan fingerprint density at radius 2 is 2.30 bits per heavy atom. The quantitative estimate of drug-likeness (QED) is 0.443. The Balaban J connectivity index is 4.10. The molecule has 0 spiro atoms. The molecular formula is C7H9ClN2. The maximum absolute atomic E-state index is 5.38. The fourth-order valence-corrected chi connectivity index (χ4v) is 0.486. The van der Waals surface area contributed by atoms with Crippen LogP contribution in [0.2, 0.25) is 0 Å². The van der Waals surface area contributed by atoms with Crippen LogP contribution in [0.25, 0.3) is 0 Å². The first-order chi connectivity index (χ1) is 4.85. The molecule has 0 aromatic heterocycles. The summed E-state index contributed by atoms with van der Waals surface area (Å²) < 4.78 is 0. The topological polar surface area (TPSA) is 24.7 Å². The molecule has 0 aliphatic carbocycles. The number of halogens is 1. The van der Waals surface area contributed by atoms with E-state index in [9.17, 15) is 0 Å². The van der Waals surface area contributed by atoms with Gasteiger partial charge in [0.25, 0.3) is 0 Å². The number of azo groups is 1. The van der Waals surface area contributed by atoms with Crippen LogP contribution < -0.4 is 0 Å². The molecule has 0 unspecified atom stereocenters. The molecular weight excluding hydrogens is 148 g/mol. The van der Waals surface area contributed by atoms with E-state index in [1.54, 1.807) is 6.08 Å². The van der Waals surface area contributed by atoms with Crippen LogP contribution in [-0.4, -0.2) is 0 Å². The van der Waals surface area contributed by atoms with Crippen molar-refractivity contribution < 1.29 is 0 Å². The minimum absolute atomic E-state index is 0.615. The van der Waals surface area contributed by atoms with Crippen molar-refractivity contribution in [3.8, 4) is 0 Å². The van der Waals surface area contributed by atoms with Crippen molar-refractivity contribution in [2.75, 3.05) is 0 Å². The molecule has 0 N–H and O–H groups in total. The first-order valence-electron chi connectivity index (χ1n) is 2.80. The zero-order chi connectivity index (χ0) is 7.82. The second-order valence-electron chi connectivity index (χ2n) is 1.43.